The van der Waals surface area contributed by atoms with Gasteiger partial charge in [0.1, 0.15) is 24.7 Å². The lowest BCUT2D eigenvalue weighted by Crippen LogP contribution is -2.00. The summed E-state index contributed by atoms with van der Waals surface area (Å²) in [4.78, 5) is 0. The standard InChI is InChI=1S/C26H26O4/c1-19-13-23(15-27-3)9-11-25(19)29-17-21-5-7-22(8-6-21)18-30-26-12-10-24(16-28-4)14-20(26)2/h5-14H,17-18H2,1-4H3. The van der Waals surface area contributed by atoms with Crippen LogP contribution in [0.25, 0.3) is 0 Å². The molecule has 4 radical (unpaired) electrons. The highest BCUT2D eigenvalue weighted by Gasteiger charge is 2.05. The molecule has 0 amide bonds. The fourth-order valence-corrected chi connectivity index (χ4v) is 3.04. The average molecular weight is 402 g/mol. The van der Waals surface area contributed by atoms with Crippen LogP contribution in [-0.2, 0) is 22.7 Å². The van der Waals surface area contributed by atoms with Gasteiger partial charge < -0.3 is 18.9 Å². The van der Waals surface area contributed by atoms with E-state index >= 15 is 0 Å². The molecule has 4 heteroatoms. The molecule has 0 unspecified atom stereocenters. The van der Waals surface area contributed by atoms with E-state index in [0.717, 1.165) is 44.9 Å². The Balaban J connectivity index is 1.53. The summed E-state index contributed by atoms with van der Waals surface area (Å²) in [7, 11) is 3.18. The summed E-state index contributed by atoms with van der Waals surface area (Å²) < 4.78 is 21.8. The Labute approximate surface area is 179 Å². The SMILES string of the molecule is CO[C]c1ccc(OCc2ccc(COc3ccc([C]OC)cc3C)cc2)c(C)c1. The molecular formula is C26H26O4. The molecule has 0 aromatic heterocycles. The minimum Gasteiger partial charge on any atom is -0.489 e. The lowest BCUT2D eigenvalue weighted by molar-refractivity contribution is 0.290. The Morgan fingerprint density at radius 2 is 1.00 bits per heavy atom. The van der Waals surface area contributed by atoms with Crippen molar-refractivity contribution in [2.75, 3.05) is 14.2 Å². The van der Waals surface area contributed by atoms with Crippen molar-refractivity contribution in [1.29, 1.82) is 0 Å². The van der Waals surface area contributed by atoms with Gasteiger partial charge >= 0.3 is 0 Å². The molecule has 0 N–H and O–H groups in total. The normalized spacial score (nSPS) is 10.8. The first-order valence-electron chi connectivity index (χ1n) is 9.71. The molecule has 0 aliphatic heterocycles. The third kappa shape index (κ3) is 6.09. The van der Waals surface area contributed by atoms with Crippen molar-refractivity contribution in [3.8, 4) is 11.5 Å². The first-order chi connectivity index (χ1) is 14.6. The van der Waals surface area contributed by atoms with E-state index in [-0.39, 0.29) is 0 Å². The fraction of sp³-hybridized carbons (Fsp3) is 0.231. The highest BCUT2D eigenvalue weighted by atomic mass is 16.5. The van der Waals surface area contributed by atoms with Crippen molar-refractivity contribution in [2.24, 2.45) is 0 Å². The second-order valence-electron chi connectivity index (χ2n) is 6.97. The Kier molecular flexibility index (Phi) is 7.89. The van der Waals surface area contributed by atoms with E-state index in [1.165, 1.54) is 0 Å². The van der Waals surface area contributed by atoms with Crippen LogP contribution in [0.2, 0.25) is 0 Å². The number of benzene rings is 3. The molecule has 3 aromatic rings. The molecular weight excluding hydrogens is 376 g/mol. The van der Waals surface area contributed by atoms with Crippen LogP contribution < -0.4 is 9.47 Å². The van der Waals surface area contributed by atoms with E-state index in [9.17, 15) is 0 Å². The van der Waals surface area contributed by atoms with E-state index in [1.807, 2.05) is 50.2 Å². The molecule has 154 valence electrons. The van der Waals surface area contributed by atoms with Crippen LogP contribution in [0.5, 0.6) is 11.5 Å². The highest BCUT2D eigenvalue weighted by Crippen LogP contribution is 2.23. The molecule has 0 saturated carbocycles. The smallest absolute Gasteiger partial charge is 0.165 e. The summed E-state index contributed by atoms with van der Waals surface area (Å²) in [6.07, 6.45) is 0. The Morgan fingerprint density at radius 1 is 0.600 bits per heavy atom. The van der Waals surface area contributed by atoms with Gasteiger partial charge in [0.15, 0.2) is 13.2 Å². The second kappa shape index (κ2) is 10.8. The third-order valence-corrected chi connectivity index (χ3v) is 4.60. The van der Waals surface area contributed by atoms with Crippen LogP contribution in [0.15, 0.2) is 60.7 Å². The first kappa shape index (κ1) is 21.9. The van der Waals surface area contributed by atoms with Crippen molar-refractivity contribution in [2.45, 2.75) is 27.1 Å². The quantitative estimate of drug-likeness (QED) is 0.447. The summed E-state index contributed by atoms with van der Waals surface area (Å²) in [5, 5.41) is 0. The van der Waals surface area contributed by atoms with Gasteiger partial charge in [-0.3, -0.25) is 0 Å². The lowest BCUT2D eigenvalue weighted by atomic mass is 10.1. The number of ether oxygens (including phenoxy) is 4. The van der Waals surface area contributed by atoms with E-state index in [4.69, 9.17) is 18.9 Å². The van der Waals surface area contributed by atoms with E-state index in [2.05, 4.69) is 37.5 Å². The van der Waals surface area contributed by atoms with Gasteiger partial charge in [0, 0.05) is 14.2 Å². The molecule has 0 heterocycles. The number of aryl methyl sites for hydroxylation is 2. The number of hydrogen-bond donors (Lipinski definition) is 0. The second-order valence-corrected chi connectivity index (χ2v) is 6.97. The molecule has 3 rings (SSSR count). The van der Waals surface area contributed by atoms with Crippen molar-refractivity contribution in [3.05, 3.63) is 107 Å². The van der Waals surface area contributed by atoms with Crippen LogP contribution in [0.3, 0.4) is 0 Å². The van der Waals surface area contributed by atoms with Crippen molar-refractivity contribution in [3.63, 3.8) is 0 Å². The molecule has 4 nitrogen and oxygen atoms in total. The summed E-state index contributed by atoms with van der Waals surface area (Å²) in [6, 6.07) is 19.9. The van der Waals surface area contributed by atoms with Gasteiger partial charge in [0.05, 0.1) is 0 Å². The van der Waals surface area contributed by atoms with Gasteiger partial charge in [-0.2, -0.15) is 0 Å². The van der Waals surface area contributed by atoms with Crippen LogP contribution in [0.1, 0.15) is 33.4 Å². The fourth-order valence-electron chi connectivity index (χ4n) is 3.04. The molecule has 0 aliphatic rings. The van der Waals surface area contributed by atoms with E-state index in [0.29, 0.717) is 13.2 Å². The largest absolute Gasteiger partial charge is 0.489 e. The predicted octanol–water partition coefficient (Wildman–Crippen LogP) is 5.53. The van der Waals surface area contributed by atoms with Crippen molar-refractivity contribution < 1.29 is 18.9 Å². The van der Waals surface area contributed by atoms with Crippen LogP contribution in [0.4, 0.5) is 0 Å². The Morgan fingerprint density at radius 3 is 1.33 bits per heavy atom. The zero-order chi connectivity index (χ0) is 21.3. The van der Waals surface area contributed by atoms with Gasteiger partial charge in [-0.15, -0.1) is 0 Å². The van der Waals surface area contributed by atoms with Crippen molar-refractivity contribution >= 4 is 0 Å². The van der Waals surface area contributed by atoms with Crippen molar-refractivity contribution in [1.82, 2.24) is 0 Å². The maximum absolute atomic E-state index is 5.96. The predicted molar refractivity (Wildman–Crippen MR) is 116 cm³/mol. The minimum absolute atomic E-state index is 0.506. The lowest BCUT2D eigenvalue weighted by Gasteiger charge is -2.12. The maximum Gasteiger partial charge on any atom is 0.165 e. The van der Waals surface area contributed by atoms with Gasteiger partial charge in [-0.25, -0.2) is 0 Å². The van der Waals surface area contributed by atoms with Gasteiger partial charge in [-0.1, -0.05) is 36.4 Å². The summed E-state index contributed by atoms with van der Waals surface area (Å²) in [6.45, 7) is 10.7. The highest BCUT2D eigenvalue weighted by molar-refractivity contribution is 5.39. The first-order valence-corrected chi connectivity index (χ1v) is 9.71. The van der Waals surface area contributed by atoms with E-state index < -0.39 is 0 Å². The molecule has 3 aromatic carbocycles. The number of rotatable bonds is 10. The van der Waals surface area contributed by atoms with Crippen LogP contribution in [-0.4, -0.2) is 14.2 Å². The zero-order valence-corrected chi connectivity index (χ0v) is 17.8. The maximum atomic E-state index is 5.96. The molecule has 0 bridgehead atoms. The molecule has 0 saturated heterocycles. The summed E-state index contributed by atoms with van der Waals surface area (Å²) >= 11 is 0. The number of methoxy groups -OCH3 is 2. The topological polar surface area (TPSA) is 36.9 Å². The number of hydrogen-bond acceptors (Lipinski definition) is 4. The molecule has 0 aliphatic carbocycles. The van der Waals surface area contributed by atoms with Gasteiger partial charge in [0.25, 0.3) is 0 Å². The minimum atomic E-state index is 0.506. The van der Waals surface area contributed by atoms with Crippen LogP contribution >= 0.6 is 0 Å². The monoisotopic (exact) mass is 402 g/mol. The van der Waals surface area contributed by atoms with Gasteiger partial charge in [0.2, 0.25) is 0 Å². The average Bonchev–Trinajstić information content (AvgIpc) is 2.74. The van der Waals surface area contributed by atoms with E-state index in [1.54, 1.807) is 14.2 Å². The molecule has 0 atom stereocenters. The molecule has 30 heavy (non-hydrogen) atoms. The van der Waals surface area contributed by atoms with Gasteiger partial charge in [-0.05, 0) is 71.5 Å². The van der Waals surface area contributed by atoms with Crippen LogP contribution in [0, 0.1) is 27.1 Å². The zero-order valence-electron chi connectivity index (χ0n) is 17.8. The Bertz CT molecular complexity index is 869. The third-order valence-electron chi connectivity index (χ3n) is 4.60. The molecule has 0 spiro atoms. The summed E-state index contributed by atoms with van der Waals surface area (Å²) in [5.41, 5.74) is 6.08. The Hall–Kier alpha value is -2.82. The molecule has 0 fully saturated rings. The summed E-state index contributed by atoms with van der Waals surface area (Å²) in [5.74, 6) is 1.71.